The Morgan fingerprint density at radius 2 is 2.00 bits per heavy atom. The number of halogens is 3. The molecule has 0 aromatic carbocycles. The zero-order valence-electron chi connectivity index (χ0n) is 10.9. The molecule has 6 heteroatoms. The summed E-state index contributed by atoms with van der Waals surface area (Å²) >= 11 is 0. The Balaban J connectivity index is 2.31. The average Bonchev–Trinajstić information content (AvgIpc) is 3.02. The summed E-state index contributed by atoms with van der Waals surface area (Å²) in [5.74, 6) is -0.375. The van der Waals surface area contributed by atoms with Gasteiger partial charge in [0.05, 0.1) is 0 Å². The zero-order chi connectivity index (χ0) is 13.8. The molecule has 0 radical (unpaired) electrons. The van der Waals surface area contributed by atoms with Gasteiger partial charge in [0, 0.05) is 18.5 Å². The first kappa shape index (κ1) is 15.3. The summed E-state index contributed by atoms with van der Waals surface area (Å²) in [5, 5.41) is 3.14. The van der Waals surface area contributed by atoms with E-state index in [1.165, 1.54) is 0 Å². The summed E-state index contributed by atoms with van der Waals surface area (Å²) in [5.41, 5.74) is 0. The van der Waals surface area contributed by atoms with Gasteiger partial charge in [0.15, 0.2) is 0 Å². The van der Waals surface area contributed by atoms with Crippen molar-refractivity contribution in [3.8, 4) is 0 Å². The molecule has 0 spiro atoms. The summed E-state index contributed by atoms with van der Waals surface area (Å²) < 4.78 is 37.0. The fourth-order valence-electron chi connectivity index (χ4n) is 1.77. The minimum atomic E-state index is -4.30. The minimum absolute atomic E-state index is 0.183. The maximum Gasteiger partial charge on any atom is 0.406 e. The van der Waals surface area contributed by atoms with E-state index in [0.29, 0.717) is 31.8 Å². The molecule has 1 aliphatic rings. The summed E-state index contributed by atoms with van der Waals surface area (Å²) in [7, 11) is 0. The van der Waals surface area contributed by atoms with E-state index in [2.05, 4.69) is 5.32 Å². The third kappa shape index (κ3) is 6.23. The predicted octanol–water partition coefficient (Wildman–Crippen LogP) is 2.32. The van der Waals surface area contributed by atoms with Crippen molar-refractivity contribution in [3.63, 3.8) is 0 Å². The van der Waals surface area contributed by atoms with E-state index in [1.54, 1.807) is 0 Å². The van der Waals surface area contributed by atoms with Crippen molar-refractivity contribution in [2.45, 2.75) is 57.8 Å². The number of rotatable bonds is 7. The van der Waals surface area contributed by atoms with Crippen LogP contribution in [0.1, 0.15) is 39.5 Å². The van der Waals surface area contributed by atoms with E-state index in [0.717, 1.165) is 4.90 Å². The van der Waals surface area contributed by atoms with Crippen LogP contribution in [0.3, 0.4) is 0 Å². The maximum absolute atomic E-state index is 12.3. The molecule has 106 valence electrons. The van der Waals surface area contributed by atoms with Gasteiger partial charge in [-0.2, -0.15) is 13.2 Å². The lowest BCUT2D eigenvalue weighted by molar-refractivity contribution is -0.162. The van der Waals surface area contributed by atoms with Crippen LogP contribution in [0.2, 0.25) is 0 Å². The van der Waals surface area contributed by atoms with Crippen LogP contribution in [0.25, 0.3) is 0 Å². The number of amides is 1. The van der Waals surface area contributed by atoms with E-state index in [4.69, 9.17) is 0 Å². The molecule has 1 rings (SSSR count). The monoisotopic (exact) mass is 266 g/mol. The SMILES string of the molecule is CC(C)NCCCC(=O)N(CC(F)(F)F)C1CC1. The molecule has 0 bridgehead atoms. The fourth-order valence-corrected chi connectivity index (χ4v) is 1.77. The van der Waals surface area contributed by atoms with Crippen LogP contribution in [0.15, 0.2) is 0 Å². The van der Waals surface area contributed by atoms with Crippen LogP contribution in [0.4, 0.5) is 13.2 Å². The first-order valence-electron chi connectivity index (χ1n) is 6.39. The Hall–Kier alpha value is -0.780. The van der Waals surface area contributed by atoms with Gasteiger partial charge in [-0.25, -0.2) is 0 Å². The number of alkyl halides is 3. The quantitative estimate of drug-likeness (QED) is 0.717. The lowest BCUT2D eigenvalue weighted by Gasteiger charge is -2.23. The normalized spacial score (nSPS) is 16.1. The van der Waals surface area contributed by atoms with Crippen molar-refractivity contribution in [1.29, 1.82) is 0 Å². The Morgan fingerprint density at radius 3 is 2.44 bits per heavy atom. The molecular weight excluding hydrogens is 245 g/mol. The second-order valence-electron chi connectivity index (χ2n) is 5.08. The van der Waals surface area contributed by atoms with E-state index in [-0.39, 0.29) is 18.4 Å². The number of carbonyl (C=O) groups is 1. The first-order chi connectivity index (χ1) is 8.29. The predicted molar refractivity (Wildman–Crippen MR) is 63.2 cm³/mol. The Labute approximate surface area is 106 Å². The van der Waals surface area contributed by atoms with Crippen molar-refractivity contribution >= 4 is 5.91 Å². The van der Waals surface area contributed by atoms with E-state index in [1.807, 2.05) is 13.8 Å². The van der Waals surface area contributed by atoms with Gasteiger partial charge in [-0.15, -0.1) is 0 Å². The molecular formula is C12H21F3N2O. The molecule has 0 unspecified atom stereocenters. The third-order valence-electron chi connectivity index (χ3n) is 2.78. The van der Waals surface area contributed by atoms with Crippen molar-refractivity contribution in [1.82, 2.24) is 10.2 Å². The Morgan fingerprint density at radius 1 is 1.39 bits per heavy atom. The molecule has 3 nitrogen and oxygen atoms in total. The third-order valence-corrected chi connectivity index (χ3v) is 2.78. The highest BCUT2D eigenvalue weighted by atomic mass is 19.4. The van der Waals surface area contributed by atoms with Gasteiger partial charge in [-0.1, -0.05) is 13.8 Å². The second-order valence-corrected chi connectivity index (χ2v) is 5.08. The highest BCUT2D eigenvalue weighted by Crippen LogP contribution is 2.30. The first-order valence-corrected chi connectivity index (χ1v) is 6.39. The number of nitrogens with zero attached hydrogens (tertiary/aromatic N) is 1. The molecule has 18 heavy (non-hydrogen) atoms. The molecule has 1 fully saturated rings. The van der Waals surface area contributed by atoms with Crippen molar-refractivity contribution in [2.75, 3.05) is 13.1 Å². The van der Waals surface area contributed by atoms with Crippen LogP contribution in [-0.4, -0.2) is 42.2 Å². The fraction of sp³-hybridized carbons (Fsp3) is 0.917. The van der Waals surface area contributed by atoms with Crippen LogP contribution in [-0.2, 0) is 4.79 Å². The van der Waals surface area contributed by atoms with Gasteiger partial charge in [0.25, 0.3) is 0 Å². The number of hydrogen-bond donors (Lipinski definition) is 1. The van der Waals surface area contributed by atoms with Crippen molar-refractivity contribution in [2.24, 2.45) is 0 Å². The van der Waals surface area contributed by atoms with Gasteiger partial charge in [0.2, 0.25) is 5.91 Å². The number of carbonyl (C=O) groups excluding carboxylic acids is 1. The minimum Gasteiger partial charge on any atom is -0.331 e. The molecule has 0 aromatic rings. The van der Waals surface area contributed by atoms with Crippen LogP contribution in [0.5, 0.6) is 0 Å². The lowest BCUT2D eigenvalue weighted by Crippen LogP contribution is -2.40. The highest BCUT2D eigenvalue weighted by Gasteiger charge is 2.40. The smallest absolute Gasteiger partial charge is 0.331 e. The molecule has 1 saturated carbocycles. The molecule has 0 aliphatic heterocycles. The second kappa shape index (κ2) is 6.41. The summed E-state index contributed by atoms with van der Waals surface area (Å²) in [6, 6.07) is 0.145. The molecule has 1 N–H and O–H groups in total. The van der Waals surface area contributed by atoms with Gasteiger partial charge in [0.1, 0.15) is 6.54 Å². The molecule has 1 aliphatic carbocycles. The van der Waals surface area contributed by atoms with Gasteiger partial charge < -0.3 is 10.2 Å². The maximum atomic E-state index is 12.3. The summed E-state index contributed by atoms with van der Waals surface area (Å²) in [6.45, 7) is 3.53. The van der Waals surface area contributed by atoms with Gasteiger partial charge >= 0.3 is 6.18 Å². The molecule has 0 aromatic heterocycles. The Bertz CT molecular complexity index is 275. The van der Waals surface area contributed by atoms with Crippen LogP contribution < -0.4 is 5.32 Å². The largest absolute Gasteiger partial charge is 0.406 e. The Kier molecular flexibility index (Phi) is 5.44. The number of hydrogen-bond acceptors (Lipinski definition) is 2. The van der Waals surface area contributed by atoms with E-state index in [9.17, 15) is 18.0 Å². The molecule has 0 atom stereocenters. The van der Waals surface area contributed by atoms with E-state index >= 15 is 0 Å². The summed E-state index contributed by atoms with van der Waals surface area (Å²) in [6.07, 6.45) is -2.13. The molecule has 0 saturated heterocycles. The topological polar surface area (TPSA) is 32.3 Å². The number of nitrogens with one attached hydrogen (secondary N) is 1. The highest BCUT2D eigenvalue weighted by molar-refractivity contribution is 5.76. The molecule has 1 amide bonds. The van der Waals surface area contributed by atoms with Crippen molar-refractivity contribution in [3.05, 3.63) is 0 Å². The van der Waals surface area contributed by atoms with Crippen LogP contribution >= 0.6 is 0 Å². The van der Waals surface area contributed by atoms with Crippen molar-refractivity contribution < 1.29 is 18.0 Å². The lowest BCUT2D eigenvalue weighted by atomic mass is 10.2. The summed E-state index contributed by atoms with van der Waals surface area (Å²) in [4.78, 5) is 12.7. The van der Waals surface area contributed by atoms with E-state index < -0.39 is 12.7 Å². The van der Waals surface area contributed by atoms with Gasteiger partial charge in [-0.05, 0) is 25.8 Å². The zero-order valence-corrected chi connectivity index (χ0v) is 10.9. The van der Waals surface area contributed by atoms with Crippen LogP contribution in [0, 0.1) is 0 Å². The average molecular weight is 266 g/mol. The van der Waals surface area contributed by atoms with Gasteiger partial charge in [-0.3, -0.25) is 4.79 Å². The molecule has 0 heterocycles. The standard InChI is InChI=1S/C12H21F3N2O/c1-9(2)16-7-3-4-11(18)17(10-5-6-10)8-12(13,14)15/h9-10,16H,3-8H2,1-2H3.